The summed E-state index contributed by atoms with van der Waals surface area (Å²) >= 11 is 0. The largest absolute Gasteiger partial charge is 0.359 e. The predicted molar refractivity (Wildman–Crippen MR) is 60.9 cm³/mol. The lowest BCUT2D eigenvalue weighted by atomic mass is 10.0. The molecule has 1 heterocycles. The summed E-state index contributed by atoms with van der Waals surface area (Å²) in [6.07, 6.45) is 0. The van der Waals surface area contributed by atoms with Crippen LogP contribution in [0.3, 0.4) is 0 Å². The van der Waals surface area contributed by atoms with Crippen molar-refractivity contribution in [3.05, 3.63) is 0 Å². The summed E-state index contributed by atoms with van der Waals surface area (Å²) in [5.41, 5.74) is 0.198. The average molecular weight is 196 g/mol. The molecule has 80 valence electrons. The molecule has 0 aromatic heterocycles. The SMILES string of the molecule is C=N/N=C1/CN(C(C)(C)C)CCN1C. The van der Waals surface area contributed by atoms with Gasteiger partial charge in [-0.15, -0.1) is 5.10 Å². The van der Waals surface area contributed by atoms with Gasteiger partial charge in [0.1, 0.15) is 5.84 Å². The topological polar surface area (TPSA) is 31.2 Å². The maximum atomic E-state index is 4.04. The van der Waals surface area contributed by atoms with E-state index in [9.17, 15) is 0 Å². The van der Waals surface area contributed by atoms with E-state index >= 15 is 0 Å². The minimum absolute atomic E-state index is 0.198. The van der Waals surface area contributed by atoms with Gasteiger partial charge in [-0.25, -0.2) is 0 Å². The zero-order valence-corrected chi connectivity index (χ0v) is 9.62. The Balaban J connectivity index is 2.72. The second kappa shape index (κ2) is 4.09. The monoisotopic (exact) mass is 196 g/mol. The van der Waals surface area contributed by atoms with Crippen LogP contribution < -0.4 is 0 Å². The summed E-state index contributed by atoms with van der Waals surface area (Å²) in [6.45, 7) is 13.0. The molecule has 0 radical (unpaired) electrons. The first-order valence-corrected chi connectivity index (χ1v) is 4.94. The number of likely N-dealkylation sites (N-methyl/N-ethyl adjacent to an activating group) is 1. The van der Waals surface area contributed by atoms with E-state index in [0.717, 1.165) is 25.5 Å². The molecule has 0 aromatic rings. The third-order valence-electron chi connectivity index (χ3n) is 2.61. The Morgan fingerprint density at radius 1 is 1.29 bits per heavy atom. The highest BCUT2D eigenvalue weighted by Crippen LogP contribution is 2.16. The van der Waals surface area contributed by atoms with Crippen LogP contribution in [-0.2, 0) is 0 Å². The van der Waals surface area contributed by atoms with E-state index in [2.05, 4.69) is 47.5 Å². The molecular formula is C10H20N4. The number of hydrogen-bond acceptors (Lipinski definition) is 3. The molecule has 4 heteroatoms. The number of hydrogen-bond donors (Lipinski definition) is 0. The summed E-state index contributed by atoms with van der Waals surface area (Å²) in [6, 6.07) is 0. The first kappa shape index (κ1) is 11.2. The molecule has 0 spiro atoms. The van der Waals surface area contributed by atoms with Crippen molar-refractivity contribution in [2.24, 2.45) is 10.2 Å². The molecule has 1 aliphatic heterocycles. The van der Waals surface area contributed by atoms with Gasteiger partial charge in [0, 0.05) is 32.4 Å². The van der Waals surface area contributed by atoms with Crippen LogP contribution in [0.1, 0.15) is 20.8 Å². The third-order valence-corrected chi connectivity index (χ3v) is 2.61. The molecule has 0 N–H and O–H groups in total. The molecule has 4 nitrogen and oxygen atoms in total. The van der Waals surface area contributed by atoms with Crippen molar-refractivity contribution in [2.75, 3.05) is 26.7 Å². The van der Waals surface area contributed by atoms with Gasteiger partial charge in [-0.05, 0) is 20.8 Å². The lowest BCUT2D eigenvalue weighted by molar-refractivity contribution is 0.129. The molecule has 1 aliphatic rings. The van der Waals surface area contributed by atoms with E-state index in [1.165, 1.54) is 0 Å². The summed E-state index contributed by atoms with van der Waals surface area (Å²) in [4.78, 5) is 4.54. The highest BCUT2D eigenvalue weighted by Gasteiger charge is 2.27. The number of amidine groups is 1. The lowest BCUT2D eigenvalue weighted by Crippen LogP contribution is -2.55. The number of nitrogens with zero attached hydrogens (tertiary/aromatic N) is 4. The van der Waals surface area contributed by atoms with Crippen molar-refractivity contribution >= 4 is 12.6 Å². The van der Waals surface area contributed by atoms with Crippen molar-refractivity contribution in [3.63, 3.8) is 0 Å². The third kappa shape index (κ3) is 2.54. The standard InChI is InChI=1S/C10H20N4/c1-10(2,3)14-7-6-13(5)9(8-14)12-11-4/h4,6-8H2,1-3,5H3/b12-9-. The molecule has 1 saturated heterocycles. The molecular weight excluding hydrogens is 176 g/mol. The Hall–Kier alpha value is -0.900. The quantitative estimate of drug-likeness (QED) is 0.463. The molecule has 1 fully saturated rings. The summed E-state index contributed by atoms with van der Waals surface area (Å²) < 4.78 is 0. The van der Waals surface area contributed by atoms with E-state index in [4.69, 9.17) is 0 Å². The van der Waals surface area contributed by atoms with Crippen LogP contribution >= 0.6 is 0 Å². The van der Waals surface area contributed by atoms with Gasteiger partial charge in [0.15, 0.2) is 0 Å². The Morgan fingerprint density at radius 3 is 2.43 bits per heavy atom. The second-order valence-corrected chi connectivity index (χ2v) is 4.67. The van der Waals surface area contributed by atoms with Gasteiger partial charge >= 0.3 is 0 Å². The van der Waals surface area contributed by atoms with Crippen LogP contribution in [0.5, 0.6) is 0 Å². The second-order valence-electron chi connectivity index (χ2n) is 4.67. The maximum absolute atomic E-state index is 4.04. The summed E-state index contributed by atoms with van der Waals surface area (Å²) in [5, 5.41) is 7.64. The normalized spacial score (nSPS) is 22.9. The van der Waals surface area contributed by atoms with Crippen LogP contribution in [0.25, 0.3) is 0 Å². The van der Waals surface area contributed by atoms with Crippen molar-refractivity contribution in [3.8, 4) is 0 Å². The minimum Gasteiger partial charge on any atom is -0.359 e. The highest BCUT2D eigenvalue weighted by atomic mass is 15.4. The molecule has 0 aromatic carbocycles. The van der Waals surface area contributed by atoms with Gasteiger partial charge in [-0.1, -0.05) is 0 Å². The lowest BCUT2D eigenvalue weighted by Gasteiger charge is -2.41. The van der Waals surface area contributed by atoms with Crippen LogP contribution in [0.4, 0.5) is 0 Å². The number of rotatable bonds is 1. The Bertz CT molecular complexity index is 239. The average Bonchev–Trinajstić information content (AvgIpc) is 2.07. The van der Waals surface area contributed by atoms with Gasteiger partial charge in [-0.2, -0.15) is 5.10 Å². The van der Waals surface area contributed by atoms with Crippen molar-refractivity contribution in [1.82, 2.24) is 9.80 Å². The van der Waals surface area contributed by atoms with Gasteiger partial charge in [0.05, 0.1) is 6.54 Å². The first-order chi connectivity index (χ1) is 6.45. The number of piperazine rings is 1. The van der Waals surface area contributed by atoms with Gasteiger partial charge in [0.25, 0.3) is 0 Å². The van der Waals surface area contributed by atoms with E-state index < -0.39 is 0 Å². The Kier molecular flexibility index (Phi) is 3.26. The van der Waals surface area contributed by atoms with Crippen LogP contribution in [0.2, 0.25) is 0 Å². The molecule has 0 bridgehead atoms. The first-order valence-electron chi connectivity index (χ1n) is 4.94. The zero-order valence-electron chi connectivity index (χ0n) is 9.62. The molecule has 0 aliphatic carbocycles. The molecule has 0 saturated carbocycles. The fourth-order valence-electron chi connectivity index (χ4n) is 1.53. The summed E-state index contributed by atoms with van der Waals surface area (Å²) in [5.74, 6) is 1.00. The van der Waals surface area contributed by atoms with Crippen molar-refractivity contribution in [2.45, 2.75) is 26.3 Å². The zero-order chi connectivity index (χ0) is 10.8. The van der Waals surface area contributed by atoms with Crippen LogP contribution in [-0.4, -0.2) is 54.6 Å². The van der Waals surface area contributed by atoms with Gasteiger partial charge < -0.3 is 4.90 Å². The Labute approximate surface area is 86.3 Å². The fourth-order valence-corrected chi connectivity index (χ4v) is 1.53. The molecule has 0 amide bonds. The molecule has 0 unspecified atom stereocenters. The predicted octanol–water partition coefficient (Wildman–Crippen LogP) is 1.05. The highest BCUT2D eigenvalue weighted by molar-refractivity contribution is 5.84. The molecule has 0 atom stereocenters. The molecule has 1 rings (SSSR count). The maximum Gasteiger partial charge on any atom is 0.141 e. The van der Waals surface area contributed by atoms with Gasteiger partial charge in [-0.3, -0.25) is 4.90 Å². The smallest absolute Gasteiger partial charge is 0.141 e. The van der Waals surface area contributed by atoms with Gasteiger partial charge in [0.2, 0.25) is 0 Å². The summed E-state index contributed by atoms with van der Waals surface area (Å²) in [7, 11) is 2.05. The fraction of sp³-hybridized carbons (Fsp3) is 0.800. The minimum atomic E-state index is 0.198. The van der Waals surface area contributed by atoms with Crippen molar-refractivity contribution in [1.29, 1.82) is 0 Å². The Morgan fingerprint density at radius 2 is 1.93 bits per heavy atom. The van der Waals surface area contributed by atoms with E-state index in [-0.39, 0.29) is 5.54 Å². The van der Waals surface area contributed by atoms with E-state index in [0.29, 0.717) is 0 Å². The van der Waals surface area contributed by atoms with Crippen LogP contribution in [0.15, 0.2) is 10.2 Å². The van der Waals surface area contributed by atoms with Crippen LogP contribution in [0, 0.1) is 0 Å². The molecule has 14 heavy (non-hydrogen) atoms. The van der Waals surface area contributed by atoms with Crippen molar-refractivity contribution < 1.29 is 0 Å². The van der Waals surface area contributed by atoms with E-state index in [1.807, 2.05) is 7.05 Å². The van der Waals surface area contributed by atoms with E-state index in [1.54, 1.807) is 0 Å².